The number of hydrogen-bond acceptors (Lipinski definition) is 3. The van der Waals surface area contributed by atoms with E-state index in [9.17, 15) is 14.7 Å². The number of amides is 2. The maximum atomic E-state index is 11.9. The molecule has 6 heteroatoms. The normalized spacial score (nSPS) is 14.5. The third kappa shape index (κ3) is 4.75. The zero-order valence-corrected chi connectivity index (χ0v) is 11.4. The topological polar surface area (TPSA) is 89.9 Å². The molecule has 0 aliphatic rings. The van der Waals surface area contributed by atoms with Gasteiger partial charge in [-0.25, -0.2) is 9.59 Å². The van der Waals surface area contributed by atoms with Crippen LogP contribution in [0, 0.1) is 0 Å². The molecule has 0 aromatic carbocycles. The summed E-state index contributed by atoms with van der Waals surface area (Å²) >= 11 is 0. The fourth-order valence-electron chi connectivity index (χ4n) is 1.21. The smallest absolute Gasteiger partial charge is 0.337 e. The van der Waals surface area contributed by atoms with Gasteiger partial charge in [-0.3, -0.25) is 0 Å². The Morgan fingerprint density at radius 1 is 1.33 bits per heavy atom. The zero-order chi connectivity index (χ0) is 14.6. The number of rotatable bonds is 5. The Bertz CT molecular complexity index is 331. The molecule has 0 radical (unpaired) electrons. The number of aliphatic hydroxyl groups is 1. The van der Waals surface area contributed by atoms with E-state index in [1.165, 1.54) is 4.90 Å². The largest absolute Gasteiger partial charge is 0.479 e. The second kappa shape index (κ2) is 5.86. The van der Waals surface area contributed by atoms with Crippen molar-refractivity contribution in [3.63, 3.8) is 0 Å². The molecule has 0 saturated carbocycles. The minimum absolute atomic E-state index is 0.338. The SMILES string of the molecule is C=CCN(C(=O)NCC(C)(O)C(=O)O)C(C)(C)C. The summed E-state index contributed by atoms with van der Waals surface area (Å²) in [4.78, 5) is 24.1. The van der Waals surface area contributed by atoms with E-state index in [1.807, 2.05) is 20.8 Å². The van der Waals surface area contributed by atoms with Crippen LogP contribution < -0.4 is 5.32 Å². The van der Waals surface area contributed by atoms with Crippen LogP contribution in [-0.4, -0.2) is 51.3 Å². The van der Waals surface area contributed by atoms with Gasteiger partial charge in [-0.05, 0) is 27.7 Å². The van der Waals surface area contributed by atoms with Crippen molar-refractivity contribution >= 4 is 12.0 Å². The van der Waals surface area contributed by atoms with Crippen molar-refractivity contribution < 1.29 is 19.8 Å². The van der Waals surface area contributed by atoms with E-state index in [0.29, 0.717) is 6.54 Å². The first-order valence-electron chi connectivity index (χ1n) is 5.64. The maximum Gasteiger partial charge on any atom is 0.337 e. The number of urea groups is 1. The molecule has 1 atom stereocenters. The summed E-state index contributed by atoms with van der Waals surface area (Å²) in [5.74, 6) is -1.38. The average Bonchev–Trinajstić information content (AvgIpc) is 2.20. The number of aliphatic carboxylic acids is 1. The number of nitrogens with one attached hydrogen (secondary N) is 1. The van der Waals surface area contributed by atoms with E-state index in [4.69, 9.17) is 5.11 Å². The lowest BCUT2D eigenvalue weighted by atomic mass is 10.1. The number of carbonyl (C=O) groups is 2. The summed E-state index contributed by atoms with van der Waals surface area (Å²) in [5, 5.41) is 20.6. The van der Waals surface area contributed by atoms with Gasteiger partial charge in [0.1, 0.15) is 0 Å². The predicted molar refractivity (Wildman–Crippen MR) is 68.3 cm³/mol. The number of hydrogen-bond donors (Lipinski definition) is 3. The van der Waals surface area contributed by atoms with Gasteiger partial charge in [-0.15, -0.1) is 6.58 Å². The maximum absolute atomic E-state index is 11.9. The minimum atomic E-state index is -1.98. The molecule has 2 amide bonds. The van der Waals surface area contributed by atoms with Crippen LogP contribution in [0.2, 0.25) is 0 Å². The lowest BCUT2D eigenvalue weighted by molar-refractivity contribution is -0.155. The highest BCUT2D eigenvalue weighted by atomic mass is 16.4. The monoisotopic (exact) mass is 258 g/mol. The van der Waals surface area contributed by atoms with Crippen LogP contribution >= 0.6 is 0 Å². The molecule has 0 spiro atoms. The quantitative estimate of drug-likeness (QED) is 0.637. The Hall–Kier alpha value is -1.56. The van der Waals surface area contributed by atoms with Crippen LogP contribution in [0.25, 0.3) is 0 Å². The zero-order valence-electron chi connectivity index (χ0n) is 11.4. The van der Waals surface area contributed by atoms with Crippen molar-refractivity contribution in [2.45, 2.75) is 38.8 Å². The van der Waals surface area contributed by atoms with Gasteiger partial charge in [0.05, 0.1) is 6.54 Å². The number of carbonyl (C=O) groups excluding carboxylic acids is 1. The number of nitrogens with zero attached hydrogens (tertiary/aromatic N) is 1. The van der Waals surface area contributed by atoms with Gasteiger partial charge < -0.3 is 20.4 Å². The molecule has 0 aromatic heterocycles. The molecule has 0 aliphatic heterocycles. The van der Waals surface area contributed by atoms with E-state index >= 15 is 0 Å². The van der Waals surface area contributed by atoms with Crippen LogP contribution in [0.5, 0.6) is 0 Å². The Balaban J connectivity index is 4.64. The molecule has 0 rings (SSSR count). The molecule has 0 heterocycles. The van der Waals surface area contributed by atoms with Gasteiger partial charge in [0.2, 0.25) is 0 Å². The van der Waals surface area contributed by atoms with Gasteiger partial charge in [-0.1, -0.05) is 6.08 Å². The highest BCUT2D eigenvalue weighted by Crippen LogP contribution is 2.13. The highest BCUT2D eigenvalue weighted by molar-refractivity contribution is 5.79. The predicted octanol–water partition coefficient (Wildman–Crippen LogP) is 0.818. The molecule has 0 aromatic rings. The van der Waals surface area contributed by atoms with Gasteiger partial charge in [0.25, 0.3) is 0 Å². The fourth-order valence-corrected chi connectivity index (χ4v) is 1.21. The summed E-state index contributed by atoms with van der Waals surface area (Å²) in [6, 6.07) is -0.441. The second-order valence-electron chi connectivity index (χ2n) is 5.31. The molecule has 0 fully saturated rings. The summed E-state index contributed by atoms with van der Waals surface area (Å²) in [6.45, 7) is 10.2. The summed E-state index contributed by atoms with van der Waals surface area (Å²) in [7, 11) is 0. The van der Waals surface area contributed by atoms with E-state index < -0.39 is 23.1 Å². The lowest BCUT2D eigenvalue weighted by Crippen LogP contribution is -2.54. The Morgan fingerprint density at radius 2 is 1.83 bits per heavy atom. The molecule has 0 saturated heterocycles. The molecule has 1 unspecified atom stereocenters. The van der Waals surface area contributed by atoms with Crippen molar-refractivity contribution in [1.82, 2.24) is 10.2 Å². The molecule has 0 bridgehead atoms. The Labute approximate surface area is 107 Å². The fraction of sp³-hybridized carbons (Fsp3) is 0.667. The molecule has 6 nitrogen and oxygen atoms in total. The third-order valence-electron chi connectivity index (χ3n) is 2.41. The molecule has 104 valence electrons. The standard InChI is InChI=1S/C12H22N2O4/c1-6-7-14(11(2,3)4)10(17)13-8-12(5,18)9(15)16/h6,18H,1,7-8H2,2-5H3,(H,13,17)(H,15,16). The van der Waals surface area contributed by atoms with Crippen LogP contribution in [0.15, 0.2) is 12.7 Å². The highest BCUT2D eigenvalue weighted by Gasteiger charge is 2.32. The van der Waals surface area contributed by atoms with Crippen molar-refractivity contribution in [1.29, 1.82) is 0 Å². The Morgan fingerprint density at radius 3 is 2.17 bits per heavy atom. The number of carboxylic acids is 1. The Kier molecular flexibility index (Phi) is 5.35. The molecule has 18 heavy (non-hydrogen) atoms. The summed E-state index contributed by atoms with van der Waals surface area (Å²) in [5.41, 5.74) is -2.40. The number of carboxylic acid groups (broad SMARTS) is 1. The van der Waals surface area contributed by atoms with Gasteiger partial charge in [0.15, 0.2) is 5.60 Å². The van der Waals surface area contributed by atoms with Gasteiger partial charge in [-0.2, -0.15) is 0 Å². The summed E-state index contributed by atoms with van der Waals surface area (Å²) < 4.78 is 0. The first-order chi connectivity index (χ1) is 8.02. The van der Waals surface area contributed by atoms with Crippen molar-refractivity contribution in [3.05, 3.63) is 12.7 Å². The van der Waals surface area contributed by atoms with Crippen LogP contribution in [0.1, 0.15) is 27.7 Å². The minimum Gasteiger partial charge on any atom is -0.479 e. The van der Waals surface area contributed by atoms with Crippen molar-refractivity contribution in [2.75, 3.05) is 13.1 Å². The van der Waals surface area contributed by atoms with Gasteiger partial charge >= 0.3 is 12.0 Å². The molecular weight excluding hydrogens is 236 g/mol. The lowest BCUT2D eigenvalue weighted by Gasteiger charge is -2.35. The van der Waals surface area contributed by atoms with Crippen LogP contribution in [0.4, 0.5) is 4.79 Å². The van der Waals surface area contributed by atoms with E-state index in [2.05, 4.69) is 11.9 Å². The third-order valence-corrected chi connectivity index (χ3v) is 2.41. The first-order valence-corrected chi connectivity index (χ1v) is 5.64. The second-order valence-corrected chi connectivity index (χ2v) is 5.31. The van der Waals surface area contributed by atoms with Crippen LogP contribution in [-0.2, 0) is 4.79 Å². The van der Waals surface area contributed by atoms with E-state index in [-0.39, 0.29) is 6.54 Å². The first kappa shape index (κ1) is 16.4. The van der Waals surface area contributed by atoms with Gasteiger partial charge in [0, 0.05) is 12.1 Å². The van der Waals surface area contributed by atoms with Crippen molar-refractivity contribution in [3.8, 4) is 0 Å². The van der Waals surface area contributed by atoms with E-state index in [1.54, 1.807) is 6.08 Å². The molecular formula is C12H22N2O4. The van der Waals surface area contributed by atoms with Crippen LogP contribution in [0.3, 0.4) is 0 Å². The average molecular weight is 258 g/mol. The van der Waals surface area contributed by atoms with Crippen molar-refractivity contribution in [2.24, 2.45) is 0 Å². The van der Waals surface area contributed by atoms with E-state index in [0.717, 1.165) is 6.92 Å². The molecule has 0 aliphatic carbocycles. The molecule has 3 N–H and O–H groups in total. The summed E-state index contributed by atoms with van der Waals surface area (Å²) in [6.07, 6.45) is 1.58.